The molecule has 0 aliphatic carbocycles. The summed E-state index contributed by atoms with van der Waals surface area (Å²) in [5.74, 6) is 0.867. The minimum atomic E-state index is 0.218. The van der Waals surface area contributed by atoms with Gasteiger partial charge in [0, 0.05) is 11.1 Å². The van der Waals surface area contributed by atoms with E-state index in [1.54, 1.807) is 24.3 Å². The average molecular weight is 269 g/mol. The molecule has 1 N–H and O–H groups in total. The van der Waals surface area contributed by atoms with Crippen LogP contribution in [0.3, 0.4) is 0 Å². The molecule has 0 fully saturated rings. The van der Waals surface area contributed by atoms with Gasteiger partial charge in [0.15, 0.2) is 5.76 Å². The van der Waals surface area contributed by atoms with Crippen molar-refractivity contribution in [3.8, 4) is 28.3 Å². The molecule has 4 heteroatoms. The van der Waals surface area contributed by atoms with E-state index in [4.69, 9.17) is 4.42 Å². The van der Waals surface area contributed by atoms with Gasteiger partial charge in [0.1, 0.15) is 11.4 Å². The fraction of sp³-hybridized carbons (Fsp3) is 0. The van der Waals surface area contributed by atoms with E-state index < -0.39 is 0 Å². The monoisotopic (exact) mass is 269 g/mol. The van der Waals surface area contributed by atoms with Gasteiger partial charge in [-0.2, -0.15) is 0 Å². The number of rotatable bonds is 2. The number of aromatic hydroxyl groups is 1. The second kappa shape index (κ2) is 4.82. The highest BCUT2D eigenvalue weighted by molar-refractivity contribution is 7.80. The number of phenols is 1. The summed E-state index contributed by atoms with van der Waals surface area (Å²) in [7, 11) is 0. The highest BCUT2D eigenvalue weighted by atomic mass is 32.1. The predicted octanol–water partition coefficient (Wildman–Crippen LogP) is 4.00. The number of aromatic nitrogens is 1. The summed E-state index contributed by atoms with van der Waals surface area (Å²) < 4.78 is 5.57. The lowest BCUT2D eigenvalue weighted by molar-refractivity contribution is 0.467. The van der Waals surface area contributed by atoms with Crippen molar-refractivity contribution in [1.82, 2.24) is 4.98 Å². The van der Waals surface area contributed by atoms with Crippen LogP contribution in [0.1, 0.15) is 0 Å². The van der Waals surface area contributed by atoms with E-state index in [0.29, 0.717) is 11.0 Å². The maximum Gasteiger partial charge on any atom is 0.253 e. The molecule has 3 nitrogen and oxygen atoms in total. The van der Waals surface area contributed by atoms with Gasteiger partial charge in [-0.15, -0.1) is 0 Å². The third-order valence-corrected chi connectivity index (χ3v) is 2.98. The standard InChI is InChI=1S/C15H11NO2S/c17-12-8-6-11(7-9-12)14-13(16-15(19)18-14)10-4-2-1-3-5-10/h1-9,17H,(H,16,19). The van der Waals surface area contributed by atoms with Crippen LogP contribution in [-0.4, -0.2) is 10.1 Å². The van der Waals surface area contributed by atoms with Gasteiger partial charge in [-0.3, -0.25) is 0 Å². The Hall–Kier alpha value is -2.20. The molecule has 0 radical (unpaired) electrons. The molecule has 0 atom stereocenters. The Morgan fingerprint density at radius 3 is 2.26 bits per heavy atom. The lowest BCUT2D eigenvalue weighted by Crippen LogP contribution is -1.81. The first-order valence-corrected chi connectivity index (χ1v) is 6.23. The van der Waals surface area contributed by atoms with E-state index in [1.165, 1.54) is 0 Å². The van der Waals surface area contributed by atoms with Crippen LogP contribution in [-0.2, 0) is 0 Å². The molecule has 0 saturated heterocycles. The van der Waals surface area contributed by atoms with Crippen LogP contribution >= 0.6 is 12.6 Å². The van der Waals surface area contributed by atoms with Gasteiger partial charge < -0.3 is 9.52 Å². The molecular weight excluding hydrogens is 258 g/mol. The zero-order chi connectivity index (χ0) is 13.2. The van der Waals surface area contributed by atoms with Crippen molar-refractivity contribution >= 4 is 12.6 Å². The van der Waals surface area contributed by atoms with Crippen molar-refractivity contribution in [2.24, 2.45) is 0 Å². The Balaban J connectivity index is 2.15. The second-order valence-electron chi connectivity index (χ2n) is 4.09. The zero-order valence-corrected chi connectivity index (χ0v) is 10.8. The largest absolute Gasteiger partial charge is 0.508 e. The fourth-order valence-electron chi connectivity index (χ4n) is 1.91. The van der Waals surface area contributed by atoms with E-state index in [0.717, 1.165) is 16.8 Å². The quantitative estimate of drug-likeness (QED) is 0.691. The lowest BCUT2D eigenvalue weighted by Gasteiger charge is -2.01. The summed E-state index contributed by atoms with van der Waals surface area (Å²) in [6.45, 7) is 0. The molecule has 3 aromatic rings. The molecule has 1 aromatic heterocycles. The number of phenolic OH excluding ortho intramolecular Hbond substituents is 1. The van der Waals surface area contributed by atoms with Gasteiger partial charge in [0.25, 0.3) is 5.22 Å². The molecule has 0 unspecified atom stereocenters. The van der Waals surface area contributed by atoms with Crippen LogP contribution in [0, 0.1) is 0 Å². The van der Waals surface area contributed by atoms with Crippen molar-refractivity contribution in [3.05, 3.63) is 54.6 Å². The lowest BCUT2D eigenvalue weighted by atomic mass is 10.1. The topological polar surface area (TPSA) is 46.3 Å². The molecule has 1 heterocycles. The van der Waals surface area contributed by atoms with Crippen LogP contribution in [0.2, 0.25) is 0 Å². The Bertz CT molecular complexity index is 690. The molecule has 0 spiro atoms. The Morgan fingerprint density at radius 2 is 1.58 bits per heavy atom. The molecule has 0 amide bonds. The Kier molecular flexibility index (Phi) is 3.01. The third-order valence-electron chi connectivity index (χ3n) is 2.79. The summed E-state index contributed by atoms with van der Waals surface area (Å²) in [4.78, 5) is 4.31. The van der Waals surface area contributed by atoms with E-state index in [1.807, 2.05) is 30.3 Å². The molecule has 19 heavy (non-hydrogen) atoms. The molecule has 2 aromatic carbocycles. The van der Waals surface area contributed by atoms with Crippen molar-refractivity contribution < 1.29 is 9.52 Å². The number of hydrogen-bond donors (Lipinski definition) is 2. The maximum absolute atomic E-state index is 9.33. The summed E-state index contributed by atoms with van der Waals surface area (Å²) in [6.07, 6.45) is 0. The minimum absolute atomic E-state index is 0.218. The van der Waals surface area contributed by atoms with Crippen LogP contribution in [0.25, 0.3) is 22.6 Å². The highest BCUT2D eigenvalue weighted by Gasteiger charge is 2.15. The van der Waals surface area contributed by atoms with E-state index >= 15 is 0 Å². The van der Waals surface area contributed by atoms with E-state index in [9.17, 15) is 5.11 Å². The summed E-state index contributed by atoms with van der Waals surface area (Å²) >= 11 is 4.17. The fourth-order valence-corrected chi connectivity index (χ4v) is 2.10. The van der Waals surface area contributed by atoms with Gasteiger partial charge in [0.05, 0.1) is 0 Å². The van der Waals surface area contributed by atoms with Gasteiger partial charge in [-0.1, -0.05) is 43.0 Å². The molecule has 0 bridgehead atoms. The van der Waals surface area contributed by atoms with E-state index in [2.05, 4.69) is 17.6 Å². The number of thiol groups is 1. The molecule has 94 valence electrons. The SMILES string of the molecule is Oc1ccc(-c2oc(S)nc2-c2ccccc2)cc1. The van der Waals surface area contributed by atoms with Crippen LogP contribution < -0.4 is 0 Å². The first-order chi connectivity index (χ1) is 9.24. The van der Waals surface area contributed by atoms with Gasteiger partial charge >= 0.3 is 0 Å². The van der Waals surface area contributed by atoms with Crippen molar-refractivity contribution in [1.29, 1.82) is 0 Å². The van der Waals surface area contributed by atoms with Crippen LogP contribution in [0.15, 0.2) is 64.2 Å². The zero-order valence-electron chi connectivity index (χ0n) is 9.95. The first-order valence-electron chi connectivity index (χ1n) is 5.78. The predicted molar refractivity (Wildman–Crippen MR) is 76.3 cm³/mol. The van der Waals surface area contributed by atoms with Gasteiger partial charge in [-0.25, -0.2) is 4.98 Å². The minimum Gasteiger partial charge on any atom is -0.508 e. The Labute approximate surface area is 116 Å². The third kappa shape index (κ3) is 2.35. The van der Waals surface area contributed by atoms with Crippen LogP contribution in [0.4, 0.5) is 0 Å². The van der Waals surface area contributed by atoms with Crippen LogP contribution in [0.5, 0.6) is 5.75 Å². The first kappa shape index (κ1) is 11.9. The molecule has 0 aliphatic heterocycles. The highest BCUT2D eigenvalue weighted by Crippen LogP contribution is 2.34. The Morgan fingerprint density at radius 1 is 0.895 bits per heavy atom. The summed E-state index contributed by atoms with van der Waals surface area (Å²) in [6, 6.07) is 16.6. The van der Waals surface area contributed by atoms with Gasteiger partial charge in [-0.05, 0) is 24.3 Å². The number of hydrogen-bond acceptors (Lipinski definition) is 4. The molecular formula is C15H11NO2S. The van der Waals surface area contributed by atoms with Crippen molar-refractivity contribution in [2.45, 2.75) is 5.22 Å². The normalized spacial score (nSPS) is 10.6. The van der Waals surface area contributed by atoms with E-state index in [-0.39, 0.29) is 5.75 Å². The smallest absolute Gasteiger partial charge is 0.253 e. The molecule has 0 aliphatic rings. The molecule has 0 saturated carbocycles. The van der Waals surface area contributed by atoms with Crippen molar-refractivity contribution in [3.63, 3.8) is 0 Å². The summed E-state index contributed by atoms with van der Waals surface area (Å²) in [5, 5.41) is 9.66. The average Bonchev–Trinajstić information content (AvgIpc) is 2.83. The van der Waals surface area contributed by atoms with Crippen molar-refractivity contribution in [2.75, 3.05) is 0 Å². The maximum atomic E-state index is 9.33. The summed E-state index contributed by atoms with van der Waals surface area (Å²) in [5.41, 5.74) is 2.57. The van der Waals surface area contributed by atoms with Gasteiger partial charge in [0.2, 0.25) is 0 Å². The second-order valence-corrected chi connectivity index (χ2v) is 4.47. The number of nitrogens with zero attached hydrogens (tertiary/aromatic N) is 1. The molecule has 3 rings (SSSR count). The number of benzene rings is 2. The number of oxazole rings is 1.